The highest BCUT2D eigenvalue weighted by atomic mass is 16.1. The Kier molecular flexibility index (Phi) is 5.70. The van der Waals surface area contributed by atoms with Crippen molar-refractivity contribution >= 4 is 5.91 Å². The van der Waals surface area contributed by atoms with Gasteiger partial charge in [0, 0.05) is 19.5 Å². The molecule has 0 fully saturated rings. The van der Waals surface area contributed by atoms with Crippen LogP contribution in [-0.2, 0) is 4.79 Å². The van der Waals surface area contributed by atoms with Crippen molar-refractivity contribution in [1.82, 2.24) is 5.32 Å². The minimum absolute atomic E-state index is 0.0815. The molecule has 0 spiro atoms. The first kappa shape index (κ1) is 13.7. The van der Waals surface area contributed by atoms with Crippen molar-refractivity contribution < 1.29 is 4.79 Å². The van der Waals surface area contributed by atoms with Crippen molar-refractivity contribution in [3.63, 3.8) is 0 Å². The number of hydrogen-bond acceptors (Lipinski definition) is 2. The standard InChI is InChI=1S/C14H22N2O/c1-11(2)13(10-14(17)16-9-8-15)12-6-4-3-5-7-12/h3-7,11,13H,8-10,15H2,1-2H3,(H,16,17). The van der Waals surface area contributed by atoms with Crippen molar-refractivity contribution in [2.75, 3.05) is 13.1 Å². The van der Waals surface area contributed by atoms with Crippen LogP contribution in [0.15, 0.2) is 30.3 Å². The number of amides is 1. The van der Waals surface area contributed by atoms with E-state index in [9.17, 15) is 4.79 Å². The summed E-state index contributed by atoms with van der Waals surface area (Å²) in [5.41, 5.74) is 6.59. The molecule has 1 rings (SSSR count). The Morgan fingerprint density at radius 2 is 1.94 bits per heavy atom. The predicted molar refractivity (Wildman–Crippen MR) is 70.7 cm³/mol. The molecule has 0 saturated carbocycles. The van der Waals surface area contributed by atoms with Crippen LogP contribution in [0.3, 0.4) is 0 Å². The first-order valence-corrected chi connectivity index (χ1v) is 6.17. The monoisotopic (exact) mass is 234 g/mol. The number of nitrogens with two attached hydrogens (primary N) is 1. The first-order chi connectivity index (χ1) is 8.15. The van der Waals surface area contributed by atoms with Gasteiger partial charge < -0.3 is 11.1 Å². The van der Waals surface area contributed by atoms with E-state index in [1.165, 1.54) is 5.56 Å². The Morgan fingerprint density at radius 3 is 2.47 bits per heavy atom. The molecule has 0 aliphatic heterocycles. The van der Waals surface area contributed by atoms with Gasteiger partial charge in [0.25, 0.3) is 0 Å². The third-order valence-corrected chi connectivity index (χ3v) is 2.90. The largest absolute Gasteiger partial charge is 0.355 e. The van der Waals surface area contributed by atoms with E-state index in [-0.39, 0.29) is 11.8 Å². The molecule has 1 aromatic carbocycles. The molecule has 1 aromatic rings. The van der Waals surface area contributed by atoms with Gasteiger partial charge in [0.1, 0.15) is 0 Å². The van der Waals surface area contributed by atoms with E-state index in [1.807, 2.05) is 18.2 Å². The molecule has 1 unspecified atom stereocenters. The maximum atomic E-state index is 11.7. The molecule has 94 valence electrons. The normalized spacial score (nSPS) is 12.5. The summed E-state index contributed by atoms with van der Waals surface area (Å²) >= 11 is 0. The second-order valence-electron chi connectivity index (χ2n) is 4.60. The summed E-state index contributed by atoms with van der Waals surface area (Å²) in [6.45, 7) is 5.34. The van der Waals surface area contributed by atoms with Crippen LogP contribution in [0.4, 0.5) is 0 Å². The van der Waals surface area contributed by atoms with Crippen LogP contribution in [0.2, 0.25) is 0 Å². The highest BCUT2D eigenvalue weighted by molar-refractivity contribution is 5.76. The summed E-state index contributed by atoms with van der Waals surface area (Å²) in [4.78, 5) is 11.7. The Labute approximate surface area is 103 Å². The van der Waals surface area contributed by atoms with Crippen LogP contribution >= 0.6 is 0 Å². The topological polar surface area (TPSA) is 55.1 Å². The van der Waals surface area contributed by atoms with Gasteiger partial charge in [-0.15, -0.1) is 0 Å². The molecule has 1 atom stereocenters. The molecule has 0 aliphatic rings. The third-order valence-electron chi connectivity index (χ3n) is 2.90. The van der Waals surface area contributed by atoms with Gasteiger partial charge in [0.05, 0.1) is 0 Å². The van der Waals surface area contributed by atoms with Crippen LogP contribution in [0.5, 0.6) is 0 Å². The number of rotatable bonds is 6. The predicted octanol–water partition coefficient (Wildman–Crippen LogP) is 1.89. The van der Waals surface area contributed by atoms with Crippen LogP contribution in [0.25, 0.3) is 0 Å². The highest BCUT2D eigenvalue weighted by Crippen LogP contribution is 2.27. The minimum Gasteiger partial charge on any atom is -0.355 e. The Bertz CT molecular complexity index is 335. The second-order valence-corrected chi connectivity index (χ2v) is 4.60. The Balaban J connectivity index is 2.65. The number of hydrogen-bond donors (Lipinski definition) is 2. The molecular weight excluding hydrogens is 212 g/mol. The molecule has 0 heterocycles. The Morgan fingerprint density at radius 1 is 1.29 bits per heavy atom. The average Bonchev–Trinajstić information content (AvgIpc) is 2.34. The molecule has 0 radical (unpaired) electrons. The van der Waals surface area contributed by atoms with Crippen LogP contribution in [0.1, 0.15) is 31.7 Å². The molecule has 3 heteroatoms. The van der Waals surface area contributed by atoms with Gasteiger partial charge in [-0.3, -0.25) is 4.79 Å². The summed E-state index contributed by atoms with van der Waals surface area (Å²) in [5, 5.41) is 2.82. The van der Waals surface area contributed by atoms with E-state index in [1.54, 1.807) is 0 Å². The van der Waals surface area contributed by atoms with E-state index in [2.05, 4.69) is 31.3 Å². The molecular formula is C14H22N2O. The molecule has 0 bridgehead atoms. The highest BCUT2D eigenvalue weighted by Gasteiger charge is 2.18. The van der Waals surface area contributed by atoms with Gasteiger partial charge >= 0.3 is 0 Å². The van der Waals surface area contributed by atoms with Crippen molar-refractivity contribution in [2.24, 2.45) is 11.7 Å². The summed E-state index contributed by atoms with van der Waals surface area (Å²) < 4.78 is 0. The third kappa shape index (κ3) is 4.57. The van der Waals surface area contributed by atoms with Crippen molar-refractivity contribution in [2.45, 2.75) is 26.2 Å². The van der Waals surface area contributed by atoms with Crippen molar-refractivity contribution in [3.8, 4) is 0 Å². The fraction of sp³-hybridized carbons (Fsp3) is 0.500. The number of carbonyl (C=O) groups excluding carboxylic acids is 1. The molecule has 0 aliphatic carbocycles. The second kappa shape index (κ2) is 7.07. The van der Waals surface area contributed by atoms with Crippen LogP contribution in [0, 0.1) is 5.92 Å². The van der Waals surface area contributed by atoms with Gasteiger partial charge in [-0.2, -0.15) is 0 Å². The lowest BCUT2D eigenvalue weighted by atomic mass is 9.85. The quantitative estimate of drug-likeness (QED) is 0.789. The molecule has 1 amide bonds. The smallest absolute Gasteiger partial charge is 0.220 e. The lowest BCUT2D eigenvalue weighted by Gasteiger charge is -2.20. The van der Waals surface area contributed by atoms with Gasteiger partial charge in [-0.05, 0) is 17.4 Å². The summed E-state index contributed by atoms with van der Waals surface area (Å²) in [6.07, 6.45) is 0.529. The SMILES string of the molecule is CC(C)C(CC(=O)NCCN)c1ccccc1. The molecule has 0 aromatic heterocycles. The lowest BCUT2D eigenvalue weighted by Crippen LogP contribution is -2.30. The fourth-order valence-electron chi connectivity index (χ4n) is 1.92. The maximum Gasteiger partial charge on any atom is 0.220 e. The zero-order valence-corrected chi connectivity index (χ0v) is 10.6. The van der Waals surface area contributed by atoms with Crippen LogP contribution in [-0.4, -0.2) is 19.0 Å². The molecule has 0 saturated heterocycles. The van der Waals surface area contributed by atoms with Crippen LogP contribution < -0.4 is 11.1 Å². The van der Waals surface area contributed by atoms with Crippen molar-refractivity contribution in [1.29, 1.82) is 0 Å². The molecule has 3 nitrogen and oxygen atoms in total. The van der Waals surface area contributed by atoms with E-state index in [4.69, 9.17) is 5.73 Å². The molecule has 3 N–H and O–H groups in total. The van der Waals surface area contributed by atoms with E-state index in [0.29, 0.717) is 25.4 Å². The Hall–Kier alpha value is -1.35. The summed E-state index contributed by atoms with van der Waals surface area (Å²) in [5.74, 6) is 0.799. The number of benzene rings is 1. The summed E-state index contributed by atoms with van der Waals surface area (Å²) in [7, 11) is 0. The van der Waals surface area contributed by atoms with Gasteiger partial charge in [0.2, 0.25) is 5.91 Å². The number of carbonyl (C=O) groups is 1. The summed E-state index contributed by atoms with van der Waals surface area (Å²) in [6, 6.07) is 10.2. The van der Waals surface area contributed by atoms with E-state index >= 15 is 0 Å². The van der Waals surface area contributed by atoms with Gasteiger partial charge in [-0.1, -0.05) is 44.2 Å². The van der Waals surface area contributed by atoms with E-state index in [0.717, 1.165) is 0 Å². The zero-order chi connectivity index (χ0) is 12.7. The first-order valence-electron chi connectivity index (χ1n) is 6.17. The zero-order valence-electron chi connectivity index (χ0n) is 10.6. The van der Waals surface area contributed by atoms with Crippen molar-refractivity contribution in [3.05, 3.63) is 35.9 Å². The number of nitrogens with one attached hydrogen (secondary N) is 1. The van der Waals surface area contributed by atoms with Gasteiger partial charge in [-0.25, -0.2) is 0 Å². The minimum atomic E-state index is 0.0815. The fourth-order valence-corrected chi connectivity index (χ4v) is 1.92. The van der Waals surface area contributed by atoms with E-state index < -0.39 is 0 Å². The lowest BCUT2D eigenvalue weighted by molar-refractivity contribution is -0.121. The molecule has 17 heavy (non-hydrogen) atoms. The average molecular weight is 234 g/mol. The maximum absolute atomic E-state index is 11.7. The van der Waals surface area contributed by atoms with Gasteiger partial charge in [0.15, 0.2) is 0 Å².